The Bertz CT molecular complexity index is 892. The second-order valence-corrected chi connectivity index (χ2v) is 7.02. The summed E-state index contributed by atoms with van der Waals surface area (Å²) in [5.74, 6) is -0.231. The first kappa shape index (κ1) is 16.2. The van der Waals surface area contributed by atoms with E-state index in [4.69, 9.17) is 16.3 Å². The molecule has 2 heterocycles. The smallest absolute Gasteiger partial charge is 0.341 e. The third-order valence-corrected chi connectivity index (χ3v) is 5.12. The molecule has 1 saturated carbocycles. The summed E-state index contributed by atoms with van der Waals surface area (Å²) in [4.78, 5) is 13.0. The summed E-state index contributed by atoms with van der Waals surface area (Å²) in [7, 11) is 0. The number of rotatable bonds is 3. The lowest BCUT2D eigenvalue weighted by Crippen LogP contribution is -2.21. The number of hydrogen-bond donors (Lipinski definition) is 0. The van der Waals surface area contributed by atoms with Crippen molar-refractivity contribution in [1.29, 1.82) is 0 Å². The van der Waals surface area contributed by atoms with Crippen LogP contribution in [0.25, 0.3) is 16.6 Å². The predicted octanol–water partition coefficient (Wildman–Crippen LogP) is 5.75. The van der Waals surface area contributed by atoms with Crippen LogP contribution in [-0.2, 0) is 4.74 Å². The van der Waals surface area contributed by atoms with Crippen molar-refractivity contribution in [3.05, 3.63) is 65.4 Å². The highest BCUT2D eigenvalue weighted by Crippen LogP contribution is 2.31. The van der Waals surface area contributed by atoms with Gasteiger partial charge in [-0.15, -0.1) is 0 Å². The number of ether oxygens (including phenoxy) is 1. The molecule has 1 fully saturated rings. The van der Waals surface area contributed by atoms with E-state index in [1.165, 1.54) is 6.42 Å². The molecule has 4 heteroatoms. The van der Waals surface area contributed by atoms with Crippen LogP contribution in [0.5, 0.6) is 0 Å². The molecule has 0 spiro atoms. The van der Waals surface area contributed by atoms with Crippen molar-refractivity contribution in [3.63, 3.8) is 0 Å². The van der Waals surface area contributed by atoms with Crippen LogP contribution >= 0.6 is 11.6 Å². The Kier molecular flexibility index (Phi) is 4.50. The van der Waals surface area contributed by atoms with Gasteiger partial charge in [-0.05, 0) is 55.5 Å². The summed E-state index contributed by atoms with van der Waals surface area (Å²) < 4.78 is 7.82. The summed E-state index contributed by atoms with van der Waals surface area (Å²) >= 11 is 6.01. The lowest BCUT2D eigenvalue weighted by atomic mass is 9.97. The van der Waals surface area contributed by atoms with Gasteiger partial charge in [0.05, 0.1) is 11.1 Å². The average molecular weight is 354 g/mol. The zero-order valence-corrected chi connectivity index (χ0v) is 14.7. The molecular formula is C21H20ClNO2. The fourth-order valence-electron chi connectivity index (χ4n) is 3.58. The average Bonchev–Trinajstić information content (AvgIpc) is 3.03. The molecule has 1 aliphatic rings. The highest BCUT2D eigenvalue weighted by Gasteiger charge is 2.24. The summed E-state index contributed by atoms with van der Waals surface area (Å²) in [6, 6.07) is 13.4. The van der Waals surface area contributed by atoms with Gasteiger partial charge in [0.25, 0.3) is 0 Å². The van der Waals surface area contributed by atoms with Gasteiger partial charge in [0.2, 0.25) is 0 Å². The Morgan fingerprint density at radius 2 is 1.80 bits per heavy atom. The Morgan fingerprint density at radius 3 is 2.56 bits per heavy atom. The molecule has 0 saturated heterocycles. The van der Waals surface area contributed by atoms with Gasteiger partial charge < -0.3 is 9.14 Å². The second-order valence-electron chi connectivity index (χ2n) is 6.58. The molecular weight excluding hydrogens is 334 g/mol. The summed E-state index contributed by atoms with van der Waals surface area (Å²) in [5.41, 5.74) is 3.34. The van der Waals surface area contributed by atoms with Crippen molar-refractivity contribution >= 4 is 23.1 Å². The van der Waals surface area contributed by atoms with E-state index in [1.807, 2.05) is 59.3 Å². The molecule has 0 radical (unpaired) electrons. The van der Waals surface area contributed by atoms with Crippen molar-refractivity contribution in [2.24, 2.45) is 0 Å². The van der Waals surface area contributed by atoms with Gasteiger partial charge in [-0.2, -0.15) is 0 Å². The minimum atomic E-state index is -0.231. The van der Waals surface area contributed by atoms with Crippen molar-refractivity contribution in [2.75, 3.05) is 0 Å². The highest BCUT2D eigenvalue weighted by molar-refractivity contribution is 6.30. The van der Waals surface area contributed by atoms with Crippen LogP contribution in [0.1, 0.15) is 42.5 Å². The zero-order chi connectivity index (χ0) is 17.2. The number of nitrogens with zero attached hydrogens (tertiary/aromatic N) is 1. The lowest BCUT2D eigenvalue weighted by Gasteiger charge is -2.22. The molecule has 128 valence electrons. The van der Waals surface area contributed by atoms with E-state index in [0.717, 1.165) is 42.3 Å². The quantitative estimate of drug-likeness (QED) is 0.561. The molecule has 1 aliphatic carbocycles. The van der Waals surface area contributed by atoms with Gasteiger partial charge in [-0.25, -0.2) is 4.79 Å². The topological polar surface area (TPSA) is 30.7 Å². The van der Waals surface area contributed by atoms with Crippen LogP contribution < -0.4 is 0 Å². The van der Waals surface area contributed by atoms with Gasteiger partial charge in [0, 0.05) is 23.0 Å². The maximum Gasteiger partial charge on any atom is 0.341 e. The number of hydrogen-bond acceptors (Lipinski definition) is 2. The molecule has 0 bridgehead atoms. The number of carbonyl (C=O) groups is 1. The minimum absolute atomic E-state index is 0.0398. The molecule has 3 aromatic rings. The van der Waals surface area contributed by atoms with Gasteiger partial charge in [-0.1, -0.05) is 36.2 Å². The van der Waals surface area contributed by atoms with Gasteiger partial charge in [0.15, 0.2) is 0 Å². The van der Waals surface area contributed by atoms with Gasteiger partial charge in [-0.3, -0.25) is 0 Å². The number of aromatic nitrogens is 1. The van der Waals surface area contributed by atoms with Crippen LogP contribution in [-0.4, -0.2) is 16.5 Å². The summed E-state index contributed by atoms with van der Waals surface area (Å²) in [6.07, 6.45) is 9.41. The van der Waals surface area contributed by atoms with Gasteiger partial charge in [0.1, 0.15) is 6.10 Å². The van der Waals surface area contributed by atoms with Crippen LogP contribution in [0.3, 0.4) is 0 Å². The van der Waals surface area contributed by atoms with E-state index in [-0.39, 0.29) is 12.1 Å². The Morgan fingerprint density at radius 1 is 1.04 bits per heavy atom. The highest BCUT2D eigenvalue weighted by atomic mass is 35.5. The first-order valence-corrected chi connectivity index (χ1v) is 9.17. The van der Waals surface area contributed by atoms with Crippen LogP contribution in [0.4, 0.5) is 0 Å². The van der Waals surface area contributed by atoms with Crippen molar-refractivity contribution in [3.8, 4) is 11.1 Å². The fourth-order valence-corrected chi connectivity index (χ4v) is 3.70. The Labute approximate surface area is 152 Å². The Hall–Kier alpha value is -2.26. The van der Waals surface area contributed by atoms with Crippen molar-refractivity contribution in [2.45, 2.75) is 38.2 Å². The van der Waals surface area contributed by atoms with E-state index >= 15 is 0 Å². The first-order valence-electron chi connectivity index (χ1n) is 8.79. The van der Waals surface area contributed by atoms with Gasteiger partial charge >= 0.3 is 5.97 Å². The zero-order valence-electron chi connectivity index (χ0n) is 14.0. The largest absolute Gasteiger partial charge is 0.459 e. The maximum absolute atomic E-state index is 13.0. The predicted molar refractivity (Wildman–Crippen MR) is 100 cm³/mol. The third kappa shape index (κ3) is 3.29. The third-order valence-electron chi connectivity index (χ3n) is 4.87. The van der Waals surface area contributed by atoms with E-state index in [0.29, 0.717) is 10.6 Å². The molecule has 4 rings (SSSR count). The van der Waals surface area contributed by atoms with Crippen molar-refractivity contribution < 1.29 is 9.53 Å². The lowest BCUT2D eigenvalue weighted by molar-refractivity contribution is 0.0214. The van der Waals surface area contributed by atoms with E-state index in [1.54, 1.807) is 0 Å². The standard InChI is InChI=1S/C21H20ClNO2/c22-16-11-9-15(10-12-16)18-14-23-13-5-4-8-19(23)20(18)21(24)25-17-6-2-1-3-7-17/h4-5,8-14,17H,1-3,6-7H2. The van der Waals surface area contributed by atoms with Crippen molar-refractivity contribution in [1.82, 2.24) is 4.40 Å². The molecule has 3 nitrogen and oxygen atoms in total. The van der Waals surface area contributed by atoms with E-state index in [2.05, 4.69) is 0 Å². The summed E-state index contributed by atoms with van der Waals surface area (Å²) in [6.45, 7) is 0. The molecule has 0 atom stereocenters. The van der Waals surface area contributed by atoms with Crippen LogP contribution in [0, 0.1) is 0 Å². The van der Waals surface area contributed by atoms with E-state index < -0.39 is 0 Å². The molecule has 1 aromatic carbocycles. The monoisotopic (exact) mass is 353 g/mol. The number of pyridine rings is 1. The summed E-state index contributed by atoms with van der Waals surface area (Å²) in [5, 5.41) is 0.679. The minimum Gasteiger partial charge on any atom is -0.459 e. The van der Waals surface area contributed by atoms with Crippen LogP contribution in [0.2, 0.25) is 5.02 Å². The number of benzene rings is 1. The van der Waals surface area contributed by atoms with Crippen LogP contribution in [0.15, 0.2) is 54.9 Å². The normalized spacial score (nSPS) is 15.4. The second kappa shape index (κ2) is 6.93. The first-order chi connectivity index (χ1) is 12.2. The molecule has 0 aliphatic heterocycles. The molecule has 0 N–H and O–H groups in total. The number of carbonyl (C=O) groups excluding carboxylic acids is 1. The number of esters is 1. The number of fused-ring (bicyclic) bond motifs is 1. The maximum atomic E-state index is 13.0. The SMILES string of the molecule is O=C(OC1CCCCC1)c1c(-c2ccc(Cl)cc2)cn2ccccc12. The molecule has 2 aromatic heterocycles. The fraction of sp³-hybridized carbons (Fsp3) is 0.286. The molecule has 0 unspecified atom stereocenters. The van der Waals surface area contributed by atoms with E-state index in [9.17, 15) is 4.79 Å². The molecule has 25 heavy (non-hydrogen) atoms. The molecule has 0 amide bonds. The Balaban J connectivity index is 1.76. The number of halogens is 1.